The molecule has 2 rings (SSSR count). The Morgan fingerprint density at radius 3 is 2.72 bits per heavy atom. The zero-order valence-electron chi connectivity index (χ0n) is 11.1. The average Bonchev–Trinajstić information content (AvgIpc) is 2.32. The maximum atomic E-state index is 10.9. The van der Waals surface area contributed by atoms with Crippen LogP contribution in [0.1, 0.15) is 56.2 Å². The van der Waals surface area contributed by atoms with Gasteiger partial charge in [-0.3, -0.25) is 4.79 Å². The molecule has 1 aromatic carbocycles. The van der Waals surface area contributed by atoms with Crippen molar-refractivity contribution in [2.45, 2.75) is 51.1 Å². The van der Waals surface area contributed by atoms with E-state index in [1.165, 1.54) is 17.5 Å². The van der Waals surface area contributed by atoms with Crippen molar-refractivity contribution in [1.82, 2.24) is 5.32 Å². The molecule has 0 aliphatic heterocycles. The molecule has 0 heterocycles. The summed E-state index contributed by atoms with van der Waals surface area (Å²) in [5.74, 6) is 0.387. The third kappa shape index (κ3) is 2.91. The number of nitrogens with two attached hydrogens (primary N) is 1. The van der Waals surface area contributed by atoms with Gasteiger partial charge in [0, 0.05) is 18.5 Å². The van der Waals surface area contributed by atoms with Gasteiger partial charge in [-0.15, -0.1) is 0 Å². The highest BCUT2D eigenvalue weighted by Crippen LogP contribution is 2.37. The summed E-state index contributed by atoms with van der Waals surface area (Å²) in [4.78, 5) is 10.9. The third-order valence-corrected chi connectivity index (χ3v) is 3.78. The molecule has 1 aliphatic carbocycles. The van der Waals surface area contributed by atoms with Gasteiger partial charge in [0.15, 0.2) is 0 Å². The van der Waals surface area contributed by atoms with Gasteiger partial charge < -0.3 is 11.1 Å². The number of amides is 1. The van der Waals surface area contributed by atoms with Crippen molar-refractivity contribution in [1.29, 1.82) is 0 Å². The molecular formula is C15H22N2O. The summed E-state index contributed by atoms with van der Waals surface area (Å²) < 4.78 is 0. The van der Waals surface area contributed by atoms with Crippen molar-refractivity contribution < 1.29 is 4.79 Å². The number of carbonyl (C=O) groups excluding carboxylic acids is 1. The first-order valence-corrected chi connectivity index (χ1v) is 6.71. The lowest BCUT2D eigenvalue weighted by atomic mass is 9.81. The lowest BCUT2D eigenvalue weighted by molar-refractivity contribution is -0.118. The van der Waals surface area contributed by atoms with Crippen LogP contribution in [0.25, 0.3) is 0 Å². The Kier molecular flexibility index (Phi) is 4.02. The maximum absolute atomic E-state index is 10.9. The molecule has 0 saturated heterocycles. The molecule has 0 bridgehead atoms. The van der Waals surface area contributed by atoms with Crippen molar-refractivity contribution in [3.05, 3.63) is 35.4 Å². The molecule has 0 unspecified atom stereocenters. The van der Waals surface area contributed by atoms with E-state index in [2.05, 4.69) is 36.5 Å². The van der Waals surface area contributed by atoms with Crippen LogP contribution in [0, 0.1) is 0 Å². The lowest BCUT2D eigenvalue weighted by Gasteiger charge is -2.32. The SMILES string of the molecule is C[C@@H](CC(N)=O)N[C@H]1CC[C@H](C)c2ccccc21. The standard InChI is InChI=1S/C15H22N2O/c1-10-7-8-14(17-11(2)9-15(16)18)13-6-4-3-5-12(10)13/h3-6,10-11,14,17H,7-9H2,1-2H3,(H2,16,18)/t10-,11-,14-/m0/s1. The molecule has 3 heteroatoms. The lowest BCUT2D eigenvalue weighted by Crippen LogP contribution is -2.35. The van der Waals surface area contributed by atoms with Crippen LogP contribution in [0.15, 0.2) is 24.3 Å². The minimum absolute atomic E-state index is 0.133. The highest BCUT2D eigenvalue weighted by Gasteiger charge is 2.25. The van der Waals surface area contributed by atoms with E-state index in [1.807, 2.05) is 6.92 Å². The average molecular weight is 246 g/mol. The number of fused-ring (bicyclic) bond motifs is 1. The molecule has 0 aromatic heterocycles. The molecule has 1 aliphatic rings. The van der Waals surface area contributed by atoms with Crippen LogP contribution < -0.4 is 11.1 Å². The van der Waals surface area contributed by atoms with Crippen molar-refractivity contribution in [3.8, 4) is 0 Å². The van der Waals surface area contributed by atoms with Gasteiger partial charge in [0.2, 0.25) is 5.91 Å². The zero-order valence-corrected chi connectivity index (χ0v) is 11.1. The predicted octanol–water partition coefficient (Wildman–Crippen LogP) is 2.48. The summed E-state index contributed by atoms with van der Waals surface area (Å²) in [6.07, 6.45) is 2.72. The summed E-state index contributed by atoms with van der Waals surface area (Å²) >= 11 is 0. The van der Waals surface area contributed by atoms with Crippen molar-refractivity contribution in [3.63, 3.8) is 0 Å². The van der Waals surface area contributed by atoms with Crippen LogP contribution in [-0.4, -0.2) is 11.9 Å². The van der Waals surface area contributed by atoms with E-state index < -0.39 is 0 Å². The molecule has 1 amide bonds. The highest BCUT2D eigenvalue weighted by atomic mass is 16.1. The van der Waals surface area contributed by atoms with Crippen LogP contribution in [0.2, 0.25) is 0 Å². The first kappa shape index (κ1) is 13.1. The fourth-order valence-corrected chi connectivity index (χ4v) is 2.88. The Labute approximate surface area is 109 Å². The minimum Gasteiger partial charge on any atom is -0.370 e. The number of rotatable bonds is 4. The van der Waals surface area contributed by atoms with Crippen LogP contribution in [-0.2, 0) is 4.79 Å². The molecule has 3 N–H and O–H groups in total. The van der Waals surface area contributed by atoms with Gasteiger partial charge in [0.1, 0.15) is 0 Å². The Balaban J connectivity index is 2.11. The number of nitrogens with one attached hydrogen (secondary N) is 1. The molecule has 0 spiro atoms. The zero-order chi connectivity index (χ0) is 13.1. The number of carbonyl (C=O) groups is 1. The second-order valence-corrected chi connectivity index (χ2v) is 5.40. The van der Waals surface area contributed by atoms with Crippen LogP contribution in [0.4, 0.5) is 0 Å². The number of hydrogen-bond acceptors (Lipinski definition) is 2. The second-order valence-electron chi connectivity index (χ2n) is 5.40. The van der Waals surface area contributed by atoms with Gasteiger partial charge in [0.05, 0.1) is 0 Å². The Bertz CT molecular complexity index is 430. The first-order chi connectivity index (χ1) is 8.58. The van der Waals surface area contributed by atoms with E-state index in [0.717, 1.165) is 6.42 Å². The largest absolute Gasteiger partial charge is 0.370 e. The van der Waals surface area contributed by atoms with Gasteiger partial charge in [-0.25, -0.2) is 0 Å². The molecule has 3 nitrogen and oxygen atoms in total. The van der Waals surface area contributed by atoms with Gasteiger partial charge in [0.25, 0.3) is 0 Å². The van der Waals surface area contributed by atoms with E-state index in [-0.39, 0.29) is 11.9 Å². The fourth-order valence-electron chi connectivity index (χ4n) is 2.88. The summed E-state index contributed by atoms with van der Waals surface area (Å²) in [6, 6.07) is 9.09. The second kappa shape index (κ2) is 5.53. The van der Waals surface area contributed by atoms with Gasteiger partial charge in [-0.05, 0) is 36.8 Å². The van der Waals surface area contributed by atoms with Gasteiger partial charge >= 0.3 is 0 Å². The quantitative estimate of drug-likeness (QED) is 0.857. The monoisotopic (exact) mass is 246 g/mol. The molecule has 0 fully saturated rings. The van der Waals surface area contributed by atoms with Gasteiger partial charge in [-0.2, -0.15) is 0 Å². The number of benzene rings is 1. The van der Waals surface area contributed by atoms with Crippen molar-refractivity contribution in [2.75, 3.05) is 0 Å². The van der Waals surface area contributed by atoms with Crippen molar-refractivity contribution >= 4 is 5.91 Å². The minimum atomic E-state index is -0.243. The Morgan fingerprint density at radius 1 is 1.39 bits per heavy atom. The summed E-state index contributed by atoms with van der Waals surface area (Å²) in [7, 11) is 0. The molecule has 18 heavy (non-hydrogen) atoms. The number of primary amides is 1. The van der Waals surface area contributed by atoms with Gasteiger partial charge in [-0.1, -0.05) is 31.2 Å². The number of hydrogen-bond donors (Lipinski definition) is 2. The summed E-state index contributed by atoms with van der Waals surface area (Å²) in [5.41, 5.74) is 8.06. The molecule has 0 radical (unpaired) electrons. The van der Waals surface area contributed by atoms with E-state index in [9.17, 15) is 4.79 Å². The van der Waals surface area contributed by atoms with Crippen molar-refractivity contribution in [2.24, 2.45) is 5.73 Å². The van der Waals surface area contributed by atoms with E-state index in [1.54, 1.807) is 0 Å². The fraction of sp³-hybridized carbons (Fsp3) is 0.533. The first-order valence-electron chi connectivity index (χ1n) is 6.71. The smallest absolute Gasteiger partial charge is 0.218 e. The summed E-state index contributed by atoms with van der Waals surface area (Å²) in [6.45, 7) is 4.30. The van der Waals surface area contributed by atoms with E-state index in [4.69, 9.17) is 5.73 Å². The highest BCUT2D eigenvalue weighted by molar-refractivity contribution is 5.74. The molecular weight excluding hydrogens is 224 g/mol. The maximum Gasteiger partial charge on any atom is 0.218 e. The Hall–Kier alpha value is -1.35. The molecule has 98 valence electrons. The topological polar surface area (TPSA) is 55.1 Å². The molecule has 1 aromatic rings. The third-order valence-electron chi connectivity index (χ3n) is 3.78. The van der Waals surface area contributed by atoms with Crippen LogP contribution >= 0.6 is 0 Å². The predicted molar refractivity (Wildman–Crippen MR) is 73.2 cm³/mol. The molecule has 3 atom stereocenters. The van der Waals surface area contributed by atoms with Crippen LogP contribution in [0.3, 0.4) is 0 Å². The van der Waals surface area contributed by atoms with E-state index in [0.29, 0.717) is 18.4 Å². The van der Waals surface area contributed by atoms with E-state index >= 15 is 0 Å². The summed E-state index contributed by atoms with van der Waals surface area (Å²) in [5, 5.41) is 3.53. The molecule has 0 saturated carbocycles. The normalized spacial score (nSPS) is 24.3. The Morgan fingerprint density at radius 2 is 2.06 bits per heavy atom. The van der Waals surface area contributed by atoms with Crippen LogP contribution in [0.5, 0.6) is 0 Å².